The van der Waals surface area contributed by atoms with E-state index < -0.39 is 36.6 Å². The molecule has 1 aliphatic heterocycles. The first-order valence-electron chi connectivity index (χ1n) is 11.1. The Labute approximate surface area is 197 Å². The largest absolute Gasteiger partial charge is 0.456 e. The smallest absolute Gasteiger partial charge is 0.326 e. The van der Waals surface area contributed by atoms with Gasteiger partial charge < -0.3 is 15.4 Å². The highest BCUT2D eigenvalue weighted by molar-refractivity contribution is 7.14. The van der Waals surface area contributed by atoms with E-state index in [1.165, 1.54) is 18.3 Å². The number of imide groups is 1. The van der Waals surface area contributed by atoms with Crippen molar-refractivity contribution in [2.45, 2.75) is 58.9 Å². The van der Waals surface area contributed by atoms with Gasteiger partial charge in [-0.1, -0.05) is 20.8 Å². The second kappa shape index (κ2) is 9.62. The molecule has 1 aromatic heterocycles. The van der Waals surface area contributed by atoms with Gasteiger partial charge in [0.1, 0.15) is 12.1 Å². The molecule has 1 saturated carbocycles. The second-order valence-corrected chi connectivity index (χ2v) is 11.0. The number of Topliss-reactive ketones (excluding diaryl/α,β-unsaturated/α-hetero) is 1. The molecule has 2 aliphatic rings. The highest BCUT2D eigenvalue weighted by Gasteiger charge is 2.56. The van der Waals surface area contributed by atoms with E-state index in [1.54, 1.807) is 12.1 Å². The molecule has 180 valence electrons. The Morgan fingerprint density at radius 1 is 1.24 bits per heavy atom. The lowest BCUT2D eigenvalue weighted by Gasteiger charge is -2.43. The third-order valence-electron chi connectivity index (χ3n) is 5.96. The molecule has 0 radical (unpaired) electrons. The summed E-state index contributed by atoms with van der Waals surface area (Å²) in [5.41, 5.74) is -1.09. The lowest BCUT2D eigenvalue weighted by atomic mass is 9.64. The average Bonchev–Trinajstić information content (AvgIpc) is 3.23. The zero-order valence-electron chi connectivity index (χ0n) is 19.5. The fraction of sp³-hybridized carbons (Fsp3) is 0.609. The van der Waals surface area contributed by atoms with Crippen molar-refractivity contribution in [1.29, 1.82) is 0 Å². The molecule has 1 aromatic rings. The number of carbonyl (C=O) groups is 5. The minimum Gasteiger partial charge on any atom is -0.456 e. The number of urea groups is 1. The van der Waals surface area contributed by atoms with E-state index in [9.17, 15) is 24.0 Å². The lowest BCUT2D eigenvalue weighted by Crippen LogP contribution is -2.54. The molecule has 1 aliphatic carbocycles. The van der Waals surface area contributed by atoms with Gasteiger partial charge in [-0.15, -0.1) is 11.3 Å². The first-order chi connectivity index (χ1) is 15.4. The fourth-order valence-electron chi connectivity index (χ4n) is 5.07. The van der Waals surface area contributed by atoms with Gasteiger partial charge in [-0.3, -0.25) is 24.1 Å². The van der Waals surface area contributed by atoms with Gasteiger partial charge in [0, 0.05) is 18.3 Å². The molecule has 1 saturated heterocycles. The molecule has 3 rings (SSSR count). The maximum Gasteiger partial charge on any atom is 0.326 e. The number of amides is 4. The first kappa shape index (κ1) is 24.9. The molecule has 0 bridgehead atoms. The monoisotopic (exact) mass is 477 g/mol. The van der Waals surface area contributed by atoms with E-state index in [4.69, 9.17) is 4.74 Å². The Morgan fingerprint density at radius 2 is 1.97 bits per heavy atom. The van der Waals surface area contributed by atoms with Gasteiger partial charge in [0.15, 0.2) is 6.61 Å². The minimum absolute atomic E-state index is 0.106. The van der Waals surface area contributed by atoms with Crippen LogP contribution in [-0.2, 0) is 25.5 Å². The maximum absolute atomic E-state index is 13.1. The standard InChI is InChI=1S/C23H31N3O6S/c1-14-9-22(3,4)13-23(10-14)20(30)26(21(31)25-23)11-19(29)32-12-17(28)18-6-5-16(33-18)7-8-24-15(2)27/h5-6,14H,7-13H2,1-4H3,(H,24,27)(H,25,31). The van der Waals surface area contributed by atoms with Gasteiger partial charge >= 0.3 is 12.0 Å². The molecule has 10 heteroatoms. The summed E-state index contributed by atoms with van der Waals surface area (Å²) in [6, 6.07) is 2.84. The Bertz CT molecular complexity index is 971. The topological polar surface area (TPSA) is 122 Å². The van der Waals surface area contributed by atoms with Gasteiger partial charge in [0.2, 0.25) is 11.7 Å². The van der Waals surface area contributed by atoms with Crippen LogP contribution in [0.3, 0.4) is 0 Å². The number of hydrogen-bond acceptors (Lipinski definition) is 7. The van der Waals surface area contributed by atoms with E-state index >= 15 is 0 Å². The van der Waals surface area contributed by atoms with Crippen molar-refractivity contribution in [1.82, 2.24) is 15.5 Å². The van der Waals surface area contributed by atoms with Crippen LogP contribution >= 0.6 is 11.3 Å². The van der Waals surface area contributed by atoms with Crippen molar-refractivity contribution in [3.05, 3.63) is 21.9 Å². The predicted octanol–water partition coefficient (Wildman–Crippen LogP) is 2.29. The molecule has 4 amide bonds. The molecular weight excluding hydrogens is 446 g/mol. The third-order valence-corrected chi connectivity index (χ3v) is 7.14. The molecule has 33 heavy (non-hydrogen) atoms. The number of nitrogens with one attached hydrogen (secondary N) is 2. The van der Waals surface area contributed by atoms with Crippen LogP contribution in [0.2, 0.25) is 0 Å². The van der Waals surface area contributed by atoms with Crippen LogP contribution in [0.1, 0.15) is 61.5 Å². The van der Waals surface area contributed by atoms with Gasteiger partial charge in [0.05, 0.1) is 4.88 Å². The summed E-state index contributed by atoms with van der Waals surface area (Å²) in [7, 11) is 0. The highest BCUT2D eigenvalue weighted by atomic mass is 32.1. The van der Waals surface area contributed by atoms with E-state index in [0.717, 1.165) is 16.2 Å². The number of esters is 1. The van der Waals surface area contributed by atoms with Crippen molar-refractivity contribution in [2.75, 3.05) is 19.7 Å². The zero-order chi connectivity index (χ0) is 24.4. The Kier molecular flexibility index (Phi) is 7.26. The predicted molar refractivity (Wildman–Crippen MR) is 122 cm³/mol. The molecule has 2 N–H and O–H groups in total. The Balaban J connectivity index is 1.52. The fourth-order valence-corrected chi connectivity index (χ4v) is 6.00. The number of ketones is 1. The number of thiophene rings is 1. The number of carbonyl (C=O) groups excluding carboxylic acids is 5. The summed E-state index contributed by atoms with van der Waals surface area (Å²) >= 11 is 1.27. The van der Waals surface area contributed by atoms with E-state index in [0.29, 0.717) is 30.7 Å². The second-order valence-electron chi connectivity index (χ2n) is 9.84. The number of rotatable bonds is 8. The average molecular weight is 478 g/mol. The van der Waals surface area contributed by atoms with Crippen LogP contribution in [-0.4, -0.2) is 59.7 Å². The molecule has 2 heterocycles. The summed E-state index contributed by atoms with van der Waals surface area (Å²) in [5.74, 6) is -1.44. The molecule has 1 spiro atoms. The van der Waals surface area contributed by atoms with Crippen molar-refractivity contribution in [3.63, 3.8) is 0 Å². The van der Waals surface area contributed by atoms with Crippen LogP contribution in [0.25, 0.3) is 0 Å². The van der Waals surface area contributed by atoms with E-state index in [1.807, 2.05) is 0 Å². The van der Waals surface area contributed by atoms with Crippen molar-refractivity contribution < 1.29 is 28.7 Å². The number of nitrogens with zero attached hydrogens (tertiary/aromatic N) is 1. The third kappa shape index (κ3) is 5.98. The lowest BCUT2D eigenvalue weighted by molar-refractivity contribution is -0.147. The van der Waals surface area contributed by atoms with Crippen molar-refractivity contribution >= 4 is 40.9 Å². The van der Waals surface area contributed by atoms with Gasteiger partial charge in [-0.25, -0.2) is 4.79 Å². The Morgan fingerprint density at radius 3 is 2.64 bits per heavy atom. The summed E-state index contributed by atoms with van der Waals surface area (Å²) < 4.78 is 5.06. The van der Waals surface area contributed by atoms with Gasteiger partial charge in [0.25, 0.3) is 5.91 Å². The maximum atomic E-state index is 13.1. The highest BCUT2D eigenvalue weighted by Crippen LogP contribution is 2.46. The first-order valence-corrected chi connectivity index (χ1v) is 11.9. The minimum atomic E-state index is -0.987. The normalized spacial score (nSPS) is 24.0. The van der Waals surface area contributed by atoms with Gasteiger partial charge in [-0.2, -0.15) is 0 Å². The van der Waals surface area contributed by atoms with Gasteiger partial charge in [-0.05, 0) is 49.1 Å². The molecule has 2 fully saturated rings. The van der Waals surface area contributed by atoms with Crippen LogP contribution in [0.4, 0.5) is 4.79 Å². The van der Waals surface area contributed by atoms with Crippen LogP contribution in [0, 0.1) is 11.3 Å². The van der Waals surface area contributed by atoms with Crippen molar-refractivity contribution in [2.24, 2.45) is 11.3 Å². The molecule has 2 atom stereocenters. The number of hydrogen-bond donors (Lipinski definition) is 2. The van der Waals surface area contributed by atoms with Crippen LogP contribution in [0.15, 0.2) is 12.1 Å². The number of ether oxygens (including phenoxy) is 1. The van der Waals surface area contributed by atoms with E-state index in [2.05, 4.69) is 31.4 Å². The van der Waals surface area contributed by atoms with Crippen molar-refractivity contribution in [3.8, 4) is 0 Å². The summed E-state index contributed by atoms with van der Waals surface area (Å²) in [6.07, 6.45) is 2.61. The van der Waals surface area contributed by atoms with Crippen LogP contribution < -0.4 is 10.6 Å². The summed E-state index contributed by atoms with van der Waals surface area (Å²) in [4.78, 5) is 63.5. The molecule has 0 aromatic carbocycles. The molecule has 9 nitrogen and oxygen atoms in total. The summed E-state index contributed by atoms with van der Waals surface area (Å²) in [5, 5.41) is 5.51. The molecular formula is C23H31N3O6S. The summed E-state index contributed by atoms with van der Waals surface area (Å²) in [6.45, 7) is 7.12. The molecule has 2 unspecified atom stereocenters. The zero-order valence-corrected chi connectivity index (χ0v) is 20.3. The quantitative estimate of drug-likeness (QED) is 0.337. The SMILES string of the molecule is CC(=O)NCCc1ccc(C(=O)COC(=O)CN2C(=O)NC3(CC(C)CC(C)(C)C3)C2=O)s1. The Hall–Kier alpha value is -2.75. The van der Waals surface area contributed by atoms with E-state index in [-0.39, 0.29) is 23.0 Å². The van der Waals surface area contributed by atoms with Crippen LogP contribution in [0.5, 0.6) is 0 Å².